The minimum Gasteiger partial charge on any atom is -0.484 e. The van der Waals surface area contributed by atoms with Gasteiger partial charge in [-0.2, -0.15) is 0 Å². The average Bonchev–Trinajstić information content (AvgIpc) is 3.00. The van der Waals surface area contributed by atoms with Crippen molar-refractivity contribution < 1.29 is 28.2 Å². The van der Waals surface area contributed by atoms with E-state index in [2.05, 4.69) is 5.32 Å². The molecule has 3 rings (SSSR count). The lowest BCUT2D eigenvalue weighted by Crippen LogP contribution is -2.21. The number of rotatable bonds is 5. The highest BCUT2D eigenvalue weighted by molar-refractivity contribution is 6.04. The van der Waals surface area contributed by atoms with E-state index in [1.54, 1.807) is 0 Å². The number of carbonyl (C=O) groups is 2. The van der Waals surface area contributed by atoms with Crippen molar-refractivity contribution in [2.75, 3.05) is 18.7 Å². The van der Waals surface area contributed by atoms with Crippen molar-refractivity contribution in [3.05, 3.63) is 47.8 Å². The molecule has 0 saturated carbocycles. The van der Waals surface area contributed by atoms with Crippen LogP contribution in [0.2, 0.25) is 0 Å². The zero-order valence-electron chi connectivity index (χ0n) is 12.8. The summed E-state index contributed by atoms with van der Waals surface area (Å²) in [6, 6.07) is 8.38. The number of halogens is 1. The van der Waals surface area contributed by atoms with Crippen molar-refractivity contribution in [3.63, 3.8) is 0 Å². The van der Waals surface area contributed by atoms with Crippen molar-refractivity contribution in [3.8, 4) is 17.2 Å². The molecule has 0 aliphatic carbocycles. The first kappa shape index (κ1) is 15.8. The third-order valence-corrected chi connectivity index (χ3v) is 3.35. The van der Waals surface area contributed by atoms with Gasteiger partial charge in [0.1, 0.15) is 11.6 Å². The number of fused-ring (bicyclic) bond motifs is 1. The number of ether oxygens (including phenoxy) is 3. The molecule has 24 heavy (non-hydrogen) atoms. The predicted octanol–water partition coefficient (Wildman–Crippen LogP) is 2.77. The SMILES string of the molecule is CC(=O)c1cc2c(cc1NC(=O)COc1ccc(F)cc1)OCO2. The standard InChI is InChI=1S/C17H14FNO5/c1-10(20)13-6-15-16(24-9-23-15)7-14(13)19-17(21)8-22-12-4-2-11(18)3-5-12/h2-7H,8-9H2,1H3,(H,19,21). The number of Topliss-reactive ketones (excluding diaryl/α,β-unsaturated/α-hetero) is 1. The monoisotopic (exact) mass is 331 g/mol. The van der Waals surface area contributed by atoms with E-state index in [0.717, 1.165) is 0 Å². The molecule has 0 radical (unpaired) electrons. The smallest absolute Gasteiger partial charge is 0.262 e. The number of ketones is 1. The van der Waals surface area contributed by atoms with Crippen LogP contribution in [0.5, 0.6) is 17.2 Å². The van der Waals surface area contributed by atoms with Crippen LogP contribution in [0.15, 0.2) is 36.4 Å². The van der Waals surface area contributed by atoms with Gasteiger partial charge >= 0.3 is 0 Å². The summed E-state index contributed by atoms with van der Waals surface area (Å²) < 4.78 is 28.5. The third kappa shape index (κ3) is 3.45. The molecular formula is C17H14FNO5. The Morgan fingerprint density at radius 2 is 1.83 bits per heavy atom. The lowest BCUT2D eigenvalue weighted by molar-refractivity contribution is -0.118. The summed E-state index contributed by atoms with van der Waals surface area (Å²) in [5.74, 6) is 0.210. The highest BCUT2D eigenvalue weighted by Gasteiger charge is 2.20. The predicted molar refractivity (Wildman–Crippen MR) is 83.1 cm³/mol. The van der Waals surface area contributed by atoms with Gasteiger partial charge in [0.15, 0.2) is 23.9 Å². The first-order valence-electron chi connectivity index (χ1n) is 7.16. The third-order valence-electron chi connectivity index (χ3n) is 3.35. The van der Waals surface area contributed by atoms with Gasteiger partial charge in [-0.05, 0) is 37.3 Å². The van der Waals surface area contributed by atoms with Gasteiger partial charge in [0.2, 0.25) is 6.79 Å². The Bertz CT molecular complexity index is 788. The topological polar surface area (TPSA) is 73.9 Å². The fourth-order valence-corrected chi connectivity index (χ4v) is 2.20. The molecule has 2 aromatic carbocycles. The Labute approximate surface area is 137 Å². The average molecular weight is 331 g/mol. The summed E-state index contributed by atoms with van der Waals surface area (Å²) in [6.45, 7) is 1.18. The molecule has 1 aliphatic heterocycles. The lowest BCUT2D eigenvalue weighted by Gasteiger charge is -2.11. The van der Waals surface area contributed by atoms with Crippen molar-refractivity contribution in [2.24, 2.45) is 0 Å². The Morgan fingerprint density at radius 1 is 1.17 bits per heavy atom. The van der Waals surface area contributed by atoms with E-state index in [4.69, 9.17) is 14.2 Å². The molecule has 1 amide bonds. The Balaban J connectivity index is 1.69. The molecule has 0 atom stereocenters. The van der Waals surface area contributed by atoms with E-state index in [0.29, 0.717) is 28.5 Å². The molecule has 124 valence electrons. The van der Waals surface area contributed by atoms with Crippen molar-refractivity contribution in [2.45, 2.75) is 6.92 Å². The lowest BCUT2D eigenvalue weighted by atomic mass is 10.1. The van der Waals surface area contributed by atoms with Crippen LogP contribution in [0, 0.1) is 5.82 Å². The minimum atomic E-state index is -0.458. The number of carbonyl (C=O) groups excluding carboxylic acids is 2. The molecule has 1 heterocycles. The maximum absolute atomic E-state index is 12.8. The molecule has 1 N–H and O–H groups in total. The molecule has 0 fully saturated rings. The maximum Gasteiger partial charge on any atom is 0.262 e. The van der Waals surface area contributed by atoms with E-state index in [1.165, 1.54) is 43.3 Å². The van der Waals surface area contributed by atoms with E-state index in [1.807, 2.05) is 0 Å². The second-order valence-corrected chi connectivity index (χ2v) is 5.10. The number of hydrogen-bond acceptors (Lipinski definition) is 5. The van der Waals surface area contributed by atoms with Crippen molar-refractivity contribution in [1.29, 1.82) is 0 Å². The van der Waals surface area contributed by atoms with Crippen molar-refractivity contribution in [1.82, 2.24) is 0 Å². The highest BCUT2D eigenvalue weighted by atomic mass is 19.1. The van der Waals surface area contributed by atoms with E-state index >= 15 is 0 Å². The van der Waals surface area contributed by atoms with Crippen molar-refractivity contribution >= 4 is 17.4 Å². The van der Waals surface area contributed by atoms with Crippen LogP contribution in [0.4, 0.5) is 10.1 Å². The Kier molecular flexibility index (Phi) is 4.33. The number of amides is 1. The molecule has 7 heteroatoms. The Morgan fingerprint density at radius 3 is 2.50 bits per heavy atom. The summed E-state index contributed by atoms with van der Waals surface area (Å²) in [5.41, 5.74) is 0.633. The van der Waals surface area contributed by atoms with Gasteiger partial charge in [0.25, 0.3) is 5.91 Å². The fourth-order valence-electron chi connectivity index (χ4n) is 2.20. The highest BCUT2D eigenvalue weighted by Crippen LogP contribution is 2.37. The van der Waals surface area contributed by atoms with Gasteiger partial charge in [-0.15, -0.1) is 0 Å². The van der Waals surface area contributed by atoms with E-state index in [9.17, 15) is 14.0 Å². The van der Waals surface area contributed by atoms with Crippen LogP contribution in [-0.2, 0) is 4.79 Å². The summed E-state index contributed by atoms with van der Waals surface area (Å²) in [4.78, 5) is 23.8. The quantitative estimate of drug-likeness (QED) is 0.853. The van der Waals surface area contributed by atoms with Gasteiger partial charge in [-0.25, -0.2) is 4.39 Å². The molecule has 0 saturated heterocycles. The van der Waals surface area contributed by atoms with Crippen LogP contribution in [0.1, 0.15) is 17.3 Å². The number of hydrogen-bond donors (Lipinski definition) is 1. The largest absolute Gasteiger partial charge is 0.484 e. The molecule has 1 aliphatic rings. The van der Waals surface area contributed by atoms with Gasteiger partial charge in [0.05, 0.1) is 5.69 Å². The number of anilines is 1. The second kappa shape index (κ2) is 6.57. The van der Waals surface area contributed by atoms with Crippen LogP contribution in [0.25, 0.3) is 0 Å². The minimum absolute atomic E-state index is 0.0672. The summed E-state index contributed by atoms with van der Waals surface area (Å²) in [5, 5.41) is 2.61. The summed E-state index contributed by atoms with van der Waals surface area (Å²) in [6.07, 6.45) is 0. The van der Waals surface area contributed by atoms with Crippen LogP contribution < -0.4 is 19.5 Å². The Hall–Kier alpha value is -3.09. The first-order chi connectivity index (χ1) is 11.5. The molecule has 0 spiro atoms. The summed E-state index contributed by atoms with van der Waals surface area (Å²) in [7, 11) is 0. The molecule has 0 bridgehead atoms. The molecule has 0 unspecified atom stereocenters. The van der Waals surface area contributed by atoms with E-state index < -0.39 is 11.7 Å². The first-order valence-corrected chi connectivity index (χ1v) is 7.16. The normalized spacial score (nSPS) is 11.9. The van der Waals surface area contributed by atoms with Gasteiger partial charge in [0, 0.05) is 11.6 Å². The summed E-state index contributed by atoms with van der Waals surface area (Å²) >= 11 is 0. The van der Waals surface area contributed by atoms with Crippen LogP contribution >= 0.6 is 0 Å². The van der Waals surface area contributed by atoms with Crippen LogP contribution in [0.3, 0.4) is 0 Å². The number of benzene rings is 2. The second-order valence-electron chi connectivity index (χ2n) is 5.10. The van der Waals surface area contributed by atoms with Gasteiger partial charge in [-0.1, -0.05) is 0 Å². The van der Waals surface area contributed by atoms with Crippen LogP contribution in [-0.4, -0.2) is 25.1 Å². The maximum atomic E-state index is 12.8. The molecular weight excluding hydrogens is 317 g/mol. The zero-order valence-corrected chi connectivity index (χ0v) is 12.8. The van der Waals surface area contributed by atoms with E-state index in [-0.39, 0.29) is 19.2 Å². The van der Waals surface area contributed by atoms with Gasteiger partial charge < -0.3 is 19.5 Å². The zero-order chi connectivity index (χ0) is 17.1. The fraction of sp³-hybridized carbons (Fsp3) is 0.176. The molecule has 0 aromatic heterocycles. The molecule has 6 nitrogen and oxygen atoms in total. The molecule has 2 aromatic rings. The number of nitrogens with one attached hydrogen (secondary N) is 1. The van der Waals surface area contributed by atoms with Gasteiger partial charge in [-0.3, -0.25) is 9.59 Å².